The predicted molar refractivity (Wildman–Crippen MR) is 152 cm³/mol. The summed E-state index contributed by atoms with van der Waals surface area (Å²) in [5.41, 5.74) is 0.980. The Hall–Kier alpha value is -2.99. The van der Waals surface area contributed by atoms with Crippen LogP contribution in [0.25, 0.3) is 10.9 Å². The van der Waals surface area contributed by atoms with Crippen LogP contribution in [0.15, 0.2) is 97.2 Å². The van der Waals surface area contributed by atoms with Crippen molar-refractivity contribution in [2.24, 2.45) is 0 Å². The van der Waals surface area contributed by atoms with E-state index in [9.17, 15) is 0 Å². The number of hydrogen-bond acceptors (Lipinski definition) is 4. The number of ether oxygens (including phenoxy) is 1. The molecule has 36 heavy (non-hydrogen) atoms. The lowest BCUT2D eigenvalue weighted by Gasteiger charge is -2.46. The van der Waals surface area contributed by atoms with E-state index in [1.807, 2.05) is 12.3 Å². The molecule has 5 rings (SSSR count). The van der Waals surface area contributed by atoms with Gasteiger partial charge in [-0.05, 0) is 59.3 Å². The average Bonchev–Trinajstić information content (AvgIpc) is 2.88. The van der Waals surface area contributed by atoms with Gasteiger partial charge in [0.2, 0.25) is 0 Å². The van der Waals surface area contributed by atoms with Crippen molar-refractivity contribution in [3.63, 3.8) is 0 Å². The Morgan fingerprint density at radius 1 is 0.722 bits per heavy atom. The Balaban J connectivity index is 0.00000304. The van der Waals surface area contributed by atoms with Gasteiger partial charge in [-0.1, -0.05) is 87.5 Å². The van der Waals surface area contributed by atoms with Crippen molar-refractivity contribution in [2.75, 3.05) is 0 Å². The van der Waals surface area contributed by atoms with E-state index in [2.05, 4.69) is 111 Å². The Kier molecular flexibility index (Phi) is 7.93. The molecule has 1 saturated carbocycles. The summed E-state index contributed by atoms with van der Waals surface area (Å²) in [7, 11) is -2.51. The van der Waals surface area contributed by atoms with Crippen LogP contribution < -0.4 is 21.3 Å². The van der Waals surface area contributed by atoms with Gasteiger partial charge < -0.3 is 15.3 Å². The summed E-state index contributed by atoms with van der Waals surface area (Å²) in [6.07, 6.45) is 6.32. The fourth-order valence-electron chi connectivity index (χ4n) is 5.52. The van der Waals surface area contributed by atoms with Crippen LogP contribution in [-0.4, -0.2) is 25.5 Å². The molecule has 4 nitrogen and oxygen atoms in total. The fourth-order valence-corrected chi connectivity index (χ4v) is 10.3. The maximum absolute atomic E-state index is 7.35. The molecule has 5 heteroatoms. The SMILES string of the molecule is CC(C)(C)[Si](OC1CCC(Oc2ccc3cccnc3c2)CC1)(c1ccccc1)c1ccccc1.N. The summed E-state index contributed by atoms with van der Waals surface area (Å²) in [6.45, 7) is 7.05. The lowest BCUT2D eigenvalue weighted by Crippen LogP contribution is -2.67. The van der Waals surface area contributed by atoms with Crippen LogP contribution in [0.5, 0.6) is 5.75 Å². The van der Waals surface area contributed by atoms with Gasteiger partial charge in [0.15, 0.2) is 0 Å². The maximum atomic E-state index is 7.35. The molecule has 0 saturated heterocycles. The van der Waals surface area contributed by atoms with Crippen molar-refractivity contribution in [1.29, 1.82) is 0 Å². The average molecular weight is 499 g/mol. The van der Waals surface area contributed by atoms with Gasteiger partial charge in [-0.25, -0.2) is 0 Å². The second-order valence-electron chi connectivity index (χ2n) is 10.7. The Morgan fingerprint density at radius 2 is 1.31 bits per heavy atom. The second kappa shape index (κ2) is 11.0. The highest BCUT2D eigenvalue weighted by atomic mass is 28.4. The van der Waals surface area contributed by atoms with Crippen LogP contribution in [0.2, 0.25) is 5.04 Å². The number of benzene rings is 3. The highest BCUT2D eigenvalue weighted by Gasteiger charge is 2.51. The highest BCUT2D eigenvalue weighted by Crippen LogP contribution is 2.39. The minimum absolute atomic E-state index is 0. The number of pyridine rings is 1. The van der Waals surface area contributed by atoms with Crippen LogP contribution in [0.3, 0.4) is 0 Å². The summed E-state index contributed by atoms with van der Waals surface area (Å²) >= 11 is 0. The molecule has 4 aromatic rings. The highest BCUT2D eigenvalue weighted by molar-refractivity contribution is 6.99. The maximum Gasteiger partial charge on any atom is 0.261 e. The molecule has 1 aliphatic rings. The summed E-state index contributed by atoms with van der Waals surface area (Å²) in [4.78, 5) is 4.47. The third-order valence-corrected chi connectivity index (χ3v) is 12.4. The third kappa shape index (κ3) is 5.24. The van der Waals surface area contributed by atoms with Gasteiger partial charge in [0.25, 0.3) is 8.32 Å². The van der Waals surface area contributed by atoms with E-state index >= 15 is 0 Å². The molecule has 3 N–H and O–H groups in total. The molecule has 0 spiro atoms. The molecule has 0 aliphatic heterocycles. The molecule has 0 atom stereocenters. The third-order valence-electron chi connectivity index (χ3n) is 7.26. The largest absolute Gasteiger partial charge is 0.490 e. The van der Waals surface area contributed by atoms with Crippen LogP contribution in [0.4, 0.5) is 0 Å². The van der Waals surface area contributed by atoms with Crippen LogP contribution in [0.1, 0.15) is 46.5 Å². The number of aromatic nitrogens is 1. The molecule has 1 aromatic heterocycles. The minimum atomic E-state index is -2.51. The second-order valence-corrected chi connectivity index (χ2v) is 14.9. The van der Waals surface area contributed by atoms with E-state index in [0.29, 0.717) is 0 Å². The number of rotatable bonds is 6. The molecule has 0 radical (unpaired) electrons. The van der Waals surface area contributed by atoms with E-state index in [1.165, 1.54) is 10.4 Å². The van der Waals surface area contributed by atoms with Gasteiger partial charge in [0.05, 0.1) is 11.6 Å². The van der Waals surface area contributed by atoms with Crippen molar-refractivity contribution in [2.45, 2.75) is 63.7 Å². The quantitative estimate of drug-likeness (QED) is 0.302. The van der Waals surface area contributed by atoms with E-state index in [-0.39, 0.29) is 23.4 Å². The van der Waals surface area contributed by atoms with Crippen molar-refractivity contribution < 1.29 is 9.16 Å². The van der Waals surface area contributed by atoms with Gasteiger partial charge in [0, 0.05) is 23.8 Å². The zero-order valence-electron chi connectivity index (χ0n) is 21.7. The lowest BCUT2D eigenvalue weighted by atomic mass is 9.95. The fraction of sp³-hybridized carbons (Fsp3) is 0.323. The summed E-state index contributed by atoms with van der Waals surface area (Å²) in [5.74, 6) is 0.910. The molecule has 0 unspecified atom stereocenters. The van der Waals surface area contributed by atoms with Crippen molar-refractivity contribution in [3.8, 4) is 5.75 Å². The molecule has 1 fully saturated rings. The Labute approximate surface area is 216 Å². The molecule has 188 valence electrons. The van der Waals surface area contributed by atoms with Gasteiger partial charge in [-0.15, -0.1) is 0 Å². The first-order chi connectivity index (χ1) is 17.0. The van der Waals surface area contributed by atoms with E-state index in [0.717, 1.165) is 42.3 Å². The Bertz CT molecular complexity index is 1210. The molecule has 0 amide bonds. The van der Waals surface area contributed by atoms with Crippen molar-refractivity contribution in [3.05, 3.63) is 97.2 Å². The van der Waals surface area contributed by atoms with Gasteiger partial charge >= 0.3 is 0 Å². The summed E-state index contributed by atoms with van der Waals surface area (Å²) in [5, 5.41) is 3.84. The number of hydrogen-bond donors (Lipinski definition) is 1. The predicted octanol–water partition coefficient (Wildman–Crippen LogP) is 6.66. The van der Waals surface area contributed by atoms with Crippen LogP contribution in [0, 0.1) is 0 Å². The molecular weight excluding hydrogens is 460 g/mol. The zero-order chi connectivity index (χ0) is 24.3. The molecule has 1 heterocycles. The molecule has 0 bridgehead atoms. The van der Waals surface area contributed by atoms with Gasteiger partial charge in [-0.3, -0.25) is 4.98 Å². The first-order valence-corrected chi connectivity index (χ1v) is 14.7. The van der Waals surface area contributed by atoms with Gasteiger partial charge in [-0.2, -0.15) is 0 Å². The van der Waals surface area contributed by atoms with E-state index in [4.69, 9.17) is 9.16 Å². The first kappa shape index (κ1) is 26.1. The number of nitrogens with zero attached hydrogens (tertiary/aromatic N) is 1. The van der Waals surface area contributed by atoms with Crippen molar-refractivity contribution >= 4 is 29.6 Å². The molecular formula is C31H38N2O2Si. The van der Waals surface area contributed by atoms with Crippen LogP contribution >= 0.6 is 0 Å². The monoisotopic (exact) mass is 498 g/mol. The smallest absolute Gasteiger partial charge is 0.261 e. The molecule has 3 aromatic carbocycles. The van der Waals surface area contributed by atoms with Crippen LogP contribution in [-0.2, 0) is 4.43 Å². The van der Waals surface area contributed by atoms with E-state index in [1.54, 1.807) is 0 Å². The molecule has 1 aliphatic carbocycles. The topological polar surface area (TPSA) is 66.3 Å². The van der Waals surface area contributed by atoms with Crippen molar-refractivity contribution in [1.82, 2.24) is 11.1 Å². The summed E-state index contributed by atoms with van der Waals surface area (Å²) < 4.78 is 13.7. The van der Waals surface area contributed by atoms with E-state index < -0.39 is 8.32 Å². The summed E-state index contributed by atoms with van der Waals surface area (Å²) in [6, 6.07) is 32.1. The standard InChI is InChI=1S/C31H35NO2Si.H3N/c1-31(2,3)35(28-12-6-4-7-13-28,29-14-8-5-9-15-29)34-26-20-18-25(19-21-26)33-27-17-16-24-11-10-22-32-30(24)23-27;/h4-17,22-23,25-26H,18-21H2,1-3H3;1H3. The normalized spacial score (nSPS) is 18.4. The Morgan fingerprint density at radius 3 is 1.89 bits per heavy atom. The first-order valence-electron chi connectivity index (χ1n) is 12.8. The zero-order valence-corrected chi connectivity index (χ0v) is 22.7. The van der Waals surface area contributed by atoms with Gasteiger partial charge in [0.1, 0.15) is 5.75 Å². The lowest BCUT2D eigenvalue weighted by molar-refractivity contribution is 0.0751. The minimum Gasteiger partial charge on any atom is -0.490 e. The number of fused-ring (bicyclic) bond motifs is 1.